The van der Waals surface area contributed by atoms with Crippen LogP contribution in [0.5, 0.6) is 0 Å². The van der Waals surface area contributed by atoms with Gasteiger partial charge in [0.15, 0.2) is 0 Å². The summed E-state index contributed by atoms with van der Waals surface area (Å²) in [6.07, 6.45) is 6.77. The van der Waals surface area contributed by atoms with Gasteiger partial charge in [-0.3, -0.25) is 15.1 Å². The van der Waals surface area contributed by atoms with E-state index in [0.717, 1.165) is 11.3 Å². The number of aromatic nitrogens is 3. The van der Waals surface area contributed by atoms with E-state index < -0.39 is 10.9 Å². The number of pyridine rings is 1. The molecule has 8 nitrogen and oxygen atoms in total. The molecule has 4 rings (SSSR count). The van der Waals surface area contributed by atoms with E-state index in [-0.39, 0.29) is 11.3 Å². The summed E-state index contributed by atoms with van der Waals surface area (Å²) in [6, 6.07) is 18.6. The second kappa shape index (κ2) is 8.42. The van der Waals surface area contributed by atoms with Crippen molar-refractivity contribution >= 4 is 23.8 Å². The van der Waals surface area contributed by atoms with Crippen molar-refractivity contribution in [1.29, 1.82) is 0 Å². The predicted octanol–water partition coefficient (Wildman–Crippen LogP) is 4.71. The van der Waals surface area contributed by atoms with Gasteiger partial charge < -0.3 is 5.11 Å². The minimum absolute atomic E-state index is 0.00183. The minimum atomic E-state index is -1.03. The fourth-order valence-electron chi connectivity index (χ4n) is 3.04. The summed E-state index contributed by atoms with van der Waals surface area (Å²) in [6.45, 7) is 0. The molecule has 0 atom stereocenters. The van der Waals surface area contributed by atoms with Crippen LogP contribution in [0.3, 0.4) is 0 Å². The zero-order valence-corrected chi connectivity index (χ0v) is 16.1. The molecule has 2 aromatic heterocycles. The zero-order valence-electron chi connectivity index (χ0n) is 16.1. The van der Waals surface area contributed by atoms with E-state index in [0.29, 0.717) is 17.0 Å². The van der Waals surface area contributed by atoms with E-state index in [1.165, 1.54) is 30.5 Å². The molecule has 8 heteroatoms. The van der Waals surface area contributed by atoms with Crippen molar-refractivity contribution in [3.8, 4) is 16.9 Å². The molecule has 1 N–H and O–H groups in total. The third-order valence-corrected chi connectivity index (χ3v) is 4.58. The predicted molar refractivity (Wildman–Crippen MR) is 116 cm³/mol. The van der Waals surface area contributed by atoms with Gasteiger partial charge in [0, 0.05) is 35.7 Å². The maximum absolute atomic E-state index is 11.2. The quantitative estimate of drug-likeness (QED) is 0.363. The Kier molecular flexibility index (Phi) is 5.35. The SMILES string of the molecule is O=C(O)c1ccnc(C=Cc2cn(-c3ccccc3)nc2-c2ccc([N+](=O)[O-])cc2)c1. The molecule has 152 valence electrons. The Bertz CT molecular complexity index is 1280. The lowest BCUT2D eigenvalue weighted by Gasteiger charge is -2.00. The van der Waals surface area contributed by atoms with E-state index in [4.69, 9.17) is 5.11 Å². The molecule has 0 saturated carbocycles. The van der Waals surface area contributed by atoms with E-state index in [1.807, 2.05) is 36.5 Å². The van der Waals surface area contributed by atoms with Gasteiger partial charge >= 0.3 is 5.97 Å². The number of hydrogen-bond acceptors (Lipinski definition) is 5. The summed E-state index contributed by atoms with van der Waals surface area (Å²) in [7, 11) is 0. The van der Waals surface area contributed by atoms with Crippen LogP contribution < -0.4 is 0 Å². The van der Waals surface area contributed by atoms with Crippen molar-refractivity contribution in [1.82, 2.24) is 14.8 Å². The molecule has 0 amide bonds. The Morgan fingerprint density at radius 1 is 1.03 bits per heavy atom. The normalized spacial score (nSPS) is 11.0. The molecule has 0 radical (unpaired) electrons. The van der Waals surface area contributed by atoms with Crippen LogP contribution in [0.4, 0.5) is 5.69 Å². The number of nitrogens with zero attached hydrogens (tertiary/aromatic N) is 4. The van der Waals surface area contributed by atoms with E-state index in [1.54, 1.807) is 29.0 Å². The second-order valence-corrected chi connectivity index (χ2v) is 6.63. The number of non-ortho nitro benzene ring substituents is 1. The van der Waals surface area contributed by atoms with Crippen LogP contribution in [0, 0.1) is 10.1 Å². The lowest BCUT2D eigenvalue weighted by atomic mass is 10.1. The molecule has 2 aromatic carbocycles. The average Bonchev–Trinajstić information content (AvgIpc) is 3.23. The van der Waals surface area contributed by atoms with Gasteiger partial charge in [0.2, 0.25) is 0 Å². The standard InChI is InChI=1S/C23H16N4O4/c28-23(29)17-12-13-24-19(14-17)9-6-18-15-26(20-4-2-1-3-5-20)25-22(18)16-7-10-21(11-8-16)27(30)31/h1-15H,(H,28,29). The fourth-order valence-corrected chi connectivity index (χ4v) is 3.04. The summed E-state index contributed by atoms with van der Waals surface area (Å²) >= 11 is 0. The van der Waals surface area contributed by atoms with Crippen molar-refractivity contribution in [2.45, 2.75) is 0 Å². The molecule has 0 aliphatic rings. The summed E-state index contributed by atoms with van der Waals surface area (Å²) in [5.41, 5.74) is 3.58. The van der Waals surface area contributed by atoms with Crippen molar-refractivity contribution in [2.75, 3.05) is 0 Å². The van der Waals surface area contributed by atoms with E-state index in [9.17, 15) is 14.9 Å². The Balaban J connectivity index is 1.76. The molecule has 4 aromatic rings. The van der Waals surface area contributed by atoms with Gasteiger partial charge in [-0.2, -0.15) is 5.10 Å². The maximum atomic E-state index is 11.2. The molecule has 0 spiro atoms. The molecule has 0 unspecified atom stereocenters. The molecular formula is C23H16N4O4. The second-order valence-electron chi connectivity index (χ2n) is 6.63. The molecule has 0 fully saturated rings. The summed E-state index contributed by atoms with van der Waals surface area (Å²) in [5.74, 6) is -1.03. The zero-order chi connectivity index (χ0) is 21.8. The highest BCUT2D eigenvalue weighted by Crippen LogP contribution is 2.27. The van der Waals surface area contributed by atoms with Gasteiger partial charge in [0.1, 0.15) is 0 Å². The fraction of sp³-hybridized carbons (Fsp3) is 0. The summed E-state index contributed by atoms with van der Waals surface area (Å²) < 4.78 is 1.72. The van der Waals surface area contributed by atoms with Gasteiger partial charge in [-0.25, -0.2) is 9.48 Å². The van der Waals surface area contributed by atoms with Crippen LogP contribution in [0.1, 0.15) is 21.6 Å². The number of hydrogen-bond donors (Lipinski definition) is 1. The molecule has 0 bridgehead atoms. The van der Waals surface area contributed by atoms with E-state index >= 15 is 0 Å². The van der Waals surface area contributed by atoms with Crippen molar-refractivity contribution < 1.29 is 14.8 Å². The average molecular weight is 412 g/mol. The van der Waals surface area contributed by atoms with Crippen LogP contribution in [-0.2, 0) is 0 Å². The lowest BCUT2D eigenvalue weighted by Crippen LogP contribution is -1.96. The van der Waals surface area contributed by atoms with Crippen LogP contribution in [0.15, 0.2) is 79.1 Å². The van der Waals surface area contributed by atoms with Crippen molar-refractivity contribution in [3.05, 3.63) is 106 Å². The first-order valence-electron chi connectivity index (χ1n) is 9.28. The topological polar surface area (TPSA) is 111 Å². The number of carboxylic acid groups (broad SMARTS) is 1. The number of carboxylic acids is 1. The highest BCUT2D eigenvalue weighted by Gasteiger charge is 2.13. The third-order valence-electron chi connectivity index (χ3n) is 4.58. The molecule has 0 saturated heterocycles. The number of para-hydroxylation sites is 1. The molecular weight excluding hydrogens is 396 g/mol. The first kappa shape index (κ1) is 19.7. The number of nitro groups is 1. The summed E-state index contributed by atoms with van der Waals surface area (Å²) in [5, 5.41) is 24.8. The Hall–Kier alpha value is -4.59. The van der Waals surface area contributed by atoms with Crippen LogP contribution >= 0.6 is 0 Å². The van der Waals surface area contributed by atoms with Crippen LogP contribution in [0.25, 0.3) is 29.1 Å². The molecule has 0 aliphatic heterocycles. The highest BCUT2D eigenvalue weighted by molar-refractivity contribution is 5.88. The monoisotopic (exact) mass is 412 g/mol. The third kappa shape index (κ3) is 4.38. The number of rotatable bonds is 6. The van der Waals surface area contributed by atoms with Crippen molar-refractivity contribution in [2.24, 2.45) is 0 Å². The highest BCUT2D eigenvalue weighted by atomic mass is 16.6. The summed E-state index contributed by atoms with van der Waals surface area (Å²) in [4.78, 5) is 25.9. The first-order chi connectivity index (χ1) is 15.0. The van der Waals surface area contributed by atoms with Gasteiger partial charge in [-0.05, 0) is 48.6 Å². The van der Waals surface area contributed by atoms with Gasteiger partial charge in [0.05, 0.1) is 27.6 Å². The molecule has 0 aliphatic carbocycles. The van der Waals surface area contributed by atoms with E-state index in [2.05, 4.69) is 10.1 Å². The largest absolute Gasteiger partial charge is 0.478 e. The van der Waals surface area contributed by atoms with Gasteiger partial charge in [0.25, 0.3) is 5.69 Å². The number of nitro benzene ring substituents is 1. The smallest absolute Gasteiger partial charge is 0.335 e. The Labute approximate surface area is 176 Å². The number of carbonyl (C=O) groups is 1. The van der Waals surface area contributed by atoms with Crippen LogP contribution in [0.2, 0.25) is 0 Å². The molecule has 31 heavy (non-hydrogen) atoms. The van der Waals surface area contributed by atoms with Gasteiger partial charge in [-0.1, -0.05) is 18.2 Å². The van der Waals surface area contributed by atoms with Crippen LogP contribution in [-0.4, -0.2) is 30.8 Å². The van der Waals surface area contributed by atoms with Gasteiger partial charge in [-0.15, -0.1) is 0 Å². The van der Waals surface area contributed by atoms with Crippen molar-refractivity contribution in [3.63, 3.8) is 0 Å². The Morgan fingerprint density at radius 2 is 1.77 bits per heavy atom. The number of aromatic carboxylic acids is 1. The Morgan fingerprint density at radius 3 is 2.45 bits per heavy atom. The lowest BCUT2D eigenvalue weighted by molar-refractivity contribution is -0.384. The number of benzene rings is 2. The minimum Gasteiger partial charge on any atom is -0.478 e. The first-order valence-corrected chi connectivity index (χ1v) is 9.28. The molecule has 2 heterocycles. The maximum Gasteiger partial charge on any atom is 0.335 e.